The smallest absolute Gasteiger partial charge is 0.337 e. The van der Waals surface area contributed by atoms with Gasteiger partial charge in [-0.15, -0.1) is 11.8 Å². The van der Waals surface area contributed by atoms with Gasteiger partial charge >= 0.3 is 5.97 Å². The van der Waals surface area contributed by atoms with E-state index in [1.807, 2.05) is 0 Å². The van der Waals surface area contributed by atoms with E-state index >= 15 is 0 Å². The molecule has 0 bridgehead atoms. The molecule has 0 atom stereocenters. The molecule has 0 aromatic heterocycles. The van der Waals surface area contributed by atoms with Gasteiger partial charge in [0.25, 0.3) is 0 Å². The van der Waals surface area contributed by atoms with Gasteiger partial charge in [0.15, 0.2) is 0 Å². The number of unbranched alkanes of at least 4 members (excludes halogenated alkanes) is 1. The molecule has 19 heavy (non-hydrogen) atoms. The number of benzene rings is 1. The topological polar surface area (TPSA) is 55.4 Å². The number of nitrogens with one attached hydrogen (secondary N) is 1. The summed E-state index contributed by atoms with van der Waals surface area (Å²) < 4.78 is 4.59. The van der Waals surface area contributed by atoms with E-state index in [-0.39, 0.29) is 5.91 Å². The fourth-order valence-corrected chi connectivity index (χ4v) is 1.49. The van der Waals surface area contributed by atoms with Crippen LogP contribution >= 0.6 is 0 Å². The first kappa shape index (κ1) is 14.8. The molecule has 1 rings (SSSR count). The van der Waals surface area contributed by atoms with Gasteiger partial charge in [0.1, 0.15) is 0 Å². The lowest BCUT2D eigenvalue weighted by atomic mass is 10.2. The zero-order valence-corrected chi connectivity index (χ0v) is 11.2. The van der Waals surface area contributed by atoms with E-state index in [2.05, 4.69) is 21.9 Å². The highest BCUT2D eigenvalue weighted by atomic mass is 16.5. The molecule has 0 aliphatic carbocycles. The monoisotopic (exact) mass is 259 g/mol. The van der Waals surface area contributed by atoms with Gasteiger partial charge in [0.05, 0.1) is 12.7 Å². The highest BCUT2D eigenvalue weighted by Crippen LogP contribution is 2.11. The Morgan fingerprint density at radius 2 is 1.95 bits per heavy atom. The molecule has 0 unspecified atom stereocenters. The average molecular weight is 259 g/mol. The first-order valence-electron chi connectivity index (χ1n) is 6.05. The fraction of sp³-hybridized carbons (Fsp3) is 0.333. The van der Waals surface area contributed by atoms with Crippen molar-refractivity contribution >= 4 is 17.6 Å². The number of hydrogen-bond acceptors (Lipinski definition) is 3. The minimum atomic E-state index is -0.393. The third-order valence-electron chi connectivity index (χ3n) is 2.47. The number of ether oxygens (including phenoxy) is 1. The van der Waals surface area contributed by atoms with Crippen molar-refractivity contribution in [1.29, 1.82) is 0 Å². The molecule has 1 aromatic rings. The van der Waals surface area contributed by atoms with Crippen LogP contribution in [-0.4, -0.2) is 19.0 Å². The molecule has 0 saturated carbocycles. The van der Waals surface area contributed by atoms with Crippen molar-refractivity contribution in [2.75, 3.05) is 12.4 Å². The largest absolute Gasteiger partial charge is 0.465 e. The molecule has 0 aliphatic heterocycles. The normalized spacial score (nSPS) is 9.16. The third kappa shape index (κ3) is 5.26. The van der Waals surface area contributed by atoms with Crippen LogP contribution in [0.2, 0.25) is 0 Å². The van der Waals surface area contributed by atoms with E-state index in [1.54, 1.807) is 31.2 Å². The predicted molar refractivity (Wildman–Crippen MR) is 73.7 cm³/mol. The molecule has 0 fully saturated rings. The molecule has 1 N–H and O–H groups in total. The number of amides is 1. The van der Waals surface area contributed by atoms with Crippen LogP contribution in [0.25, 0.3) is 0 Å². The Morgan fingerprint density at radius 3 is 2.53 bits per heavy atom. The number of anilines is 1. The highest BCUT2D eigenvalue weighted by molar-refractivity contribution is 5.92. The minimum Gasteiger partial charge on any atom is -0.465 e. The number of esters is 1. The van der Waals surface area contributed by atoms with Crippen LogP contribution in [-0.2, 0) is 9.53 Å². The van der Waals surface area contributed by atoms with Crippen molar-refractivity contribution in [1.82, 2.24) is 0 Å². The van der Waals surface area contributed by atoms with Crippen molar-refractivity contribution in [2.24, 2.45) is 0 Å². The maximum absolute atomic E-state index is 11.6. The Labute approximate surface area is 113 Å². The van der Waals surface area contributed by atoms with E-state index in [0.717, 1.165) is 12.8 Å². The summed E-state index contributed by atoms with van der Waals surface area (Å²) in [4.78, 5) is 22.8. The van der Waals surface area contributed by atoms with Crippen molar-refractivity contribution in [3.63, 3.8) is 0 Å². The van der Waals surface area contributed by atoms with Crippen LogP contribution in [0.1, 0.15) is 36.5 Å². The first-order chi connectivity index (χ1) is 9.17. The molecule has 0 spiro atoms. The summed E-state index contributed by atoms with van der Waals surface area (Å²) in [5.41, 5.74) is 1.12. The van der Waals surface area contributed by atoms with Crippen molar-refractivity contribution in [3.8, 4) is 11.8 Å². The second kappa shape index (κ2) is 7.93. The van der Waals surface area contributed by atoms with Gasteiger partial charge in [-0.2, -0.15) is 0 Å². The second-order valence-corrected chi connectivity index (χ2v) is 3.90. The molecule has 1 aromatic carbocycles. The van der Waals surface area contributed by atoms with Crippen molar-refractivity contribution < 1.29 is 14.3 Å². The Hall–Kier alpha value is -2.28. The molecule has 4 heteroatoms. The van der Waals surface area contributed by atoms with Gasteiger partial charge < -0.3 is 10.1 Å². The molecule has 1 amide bonds. The summed E-state index contributed by atoms with van der Waals surface area (Å²) >= 11 is 0. The number of carbonyl (C=O) groups excluding carboxylic acids is 2. The van der Waals surface area contributed by atoms with Crippen molar-refractivity contribution in [2.45, 2.75) is 26.2 Å². The van der Waals surface area contributed by atoms with Crippen LogP contribution in [0.4, 0.5) is 5.69 Å². The van der Waals surface area contributed by atoms with Gasteiger partial charge in [-0.3, -0.25) is 4.79 Å². The van der Waals surface area contributed by atoms with E-state index in [9.17, 15) is 9.59 Å². The molecule has 0 heterocycles. The Kier molecular flexibility index (Phi) is 6.17. The molecular formula is C15H17NO3. The fourth-order valence-electron chi connectivity index (χ4n) is 1.49. The van der Waals surface area contributed by atoms with Gasteiger partial charge in [0.2, 0.25) is 5.91 Å². The maximum atomic E-state index is 11.6. The first-order valence-corrected chi connectivity index (χ1v) is 6.05. The van der Waals surface area contributed by atoms with Crippen molar-refractivity contribution in [3.05, 3.63) is 29.8 Å². The zero-order valence-electron chi connectivity index (χ0n) is 11.2. The average Bonchev–Trinajstić information content (AvgIpc) is 2.43. The zero-order chi connectivity index (χ0) is 14.1. The quantitative estimate of drug-likeness (QED) is 0.502. The summed E-state index contributed by atoms with van der Waals surface area (Å²) in [6, 6.07) is 6.58. The van der Waals surface area contributed by atoms with Crippen LogP contribution in [0, 0.1) is 11.8 Å². The van der Waals surface area contributed by atoms with E-state index in [0.29, 0.717) is 17.7 Å². The summed E-state index contributed by atoms with van der Waals surface area (Å²) in [6.45, 7) is 1.78. The number of rotatable bonds is 5. The van der Waals surface area contributed by atoms with E-state index in [1.165, 1.54) is 7.11 Å². The lowest BCUT2D eigenvalue weighted by Gasteiger charge is -2.05. The standard InChI is InChI=1S/C15H17NO3/c1-3-4-5-6-7-14(17)16-13-10-8-12(9-11-13)15(18)19-2/h8-11H,5-7H2,1-2H3,(H,16,17). The summed E-state index contributed by atoms with van der Waals surface area (Å²) in [6.07, 6.45) is 1.91. The lowest BCUT2D eigenvalue weighted by molar-refractivity contribution is -0.116. The molecule has 100 valence electrons. The Bertz CT molecular complexity index is 494. The number of hydrogen-bond donors (Lipinski definition) is 1. The minimum absolute atomic E-state index is 0.0521. The molecule has 0 aliphatic rings. The van der Waals surface area contributed by atoms with Gasteiger partial charge in [-0.25, -0.2) is 4.79 Å². The summed E-state index contributed by atoms with van der Waals surface area (Å²) in [5, 5.41) is 2.76. The maximum Gasteiger partial charge on any atom is 0.337 e. The lowest BCUT2D eigenvalue weighted by Crippen LogP contribution is -2.11. The second-order valence-electron chi connectivity index (χ2n) is 3.90. The summed E-state index contributed by atoms with van der Waals surface area (Å²) in [5.74, 6) is 5.26. The SMILES string of the molecule is CC#CCCCC(=O)Nc1ccc(C(=O)OC)cc1. The van der Waals surface area contributed by atoms with Crippen LogP contribution < -0.4 is 5.32 Å². The Balaban J connectivity index is 2.46. The molecule has 4 nitrogen and oxygen atoms in total. The van der Waals surface area contributed by atoms with E-state index in [4.69, 9.17) is 0 Å². The number of methoxy groups -OCH3 is 1. The van der Waals surface area contributed by atoms with Crippen LogP contribution in [0.3, 0.4) is 0 Å². The van der Waals surface area contributed by atoms with Gasteiger partial charge in [-0.05, 0) is 37.6 Å². The highest BCUT2D eigenvalue weighted by Gasteiger charge is 2.05. The molecular weight excluding hydrogens is 242 g/mol. The number of carbonyl (C=O) groups is 2. The van der Waals surface area contributed by atoms with Crippen LogP contribution in [0.5, 0.6) is 0 Å². The molecule has 0 radical (unpaired) electrons. The van der Waals surface area contributed by atoms with E-state index < -0.39 is 5.97 Å². The third-order valence-corrected chi connectivity index (χ3v) is 2.47. The van der Waals surface area contributed by atoms with Crippen LogP contribution in [0.15, 0.2) is 24.3 Å². The predicted octanol–water partition coefficient (Wildman–Crippen LogP) is 2.61. The Morgan fingerprint density at radius 1 is 1.26 bits per heavy atom. The summed E-state index contributed by atoms with van der Waals surface area (Å²) in [7, 11) is 1.33. The van der Waals surface area contributed by atoms with Gasteiger partial charge in [-0.1, -0.05) is 0 Å². The van der Waals surface area contributed by atoms with Gasteiger partial charge in [0, 0.05) is 18.5 Å². The molecule has 0 saturated heterocycles.